The number of benzene rings is 2. The van der Waals surface area contributed by atoms with Crippen molar-refractivity contribution in [3.63, 3.8) is 0 Å². The van der Waals surface area contributed by atoms with Crippen molar-refractivity contribution < 1.29 is 9.13 Å². The number of aromatic amines is 1. The van der Waals surface area contributed by atoms with Gasteiger partial charge in [0.2, 0.25) is 0 Å². The lowest BCUT2D eigenvalue weighted by atomic mass is 10.1. The Morgan fingerprint density at radius 1 is 1.04 bits per heavy atom. The number of H-pyrrole nitrogens is 1. The van der Waals surface area contributed by atoms with Crippen LogP contribution in [0.1, 0.15) is 11.3 Å². The Hall–Kier alpha value is -2.44. The van der Waals surface area contributed by atoms with Crippen LogP contribution in [0.4, 0.5) is 4.39 Å². The number of nitrogens with one attached hydrogen (secondary N) is 1. The highest BCUT2D eigenvalue weighted by atomic mass is 19.1. The molecule has 1 aromatic heterocycles. The number of hydrogen-bond donors (Lipinski definition) is 1. The van der Waals surface area contributed by atoms with Crippen molar-refractivity contribution in [2.75, 3.05) is 33.3 Å². The SMILES string of the molecule is COc1ccc2c(CN3CCN(Cc4cccc(F)c4)CC3)[nH]nc2c1. The van der Waals surface area contributed by atoms with Crippen molar-refractivity contribution in [3.8, 4) is 5.75 Å². The van der Waals surface area contributed by atoms with E-state index in [-0.39, 0.29) is 5.82 Å². The summed E-state index contributed by atoms with van der Waals surface area (Å²) < 4.78 is 18.6. The molecule has 0 radical (unpaired) electrons. The maximum atomic E-state index is 13.3. The van der Waals surface area contributed by atoms with Crippen LogP contribution in [0.5, 0.6) is 5.75 Å². The molecular formula is C20H23FN4O. The third-order valence-corrected chi connectivity index (χ3v) is 4.98. The molecule has 6 heteroatoms. The van der Waals surface area contributed by atoms with Crippen molar-refractivity contribution in [2.45, 2.75) is 13.1 Å². The molecule has 4 rings (SSSR count). The number of piperazine rings is 1. The summed E-state index contributed by atoms with van der Waals surface area (Å²) in [6.07, 6.45) is 0. The average molecular weight is 354 g/mol. The maximum absolute atomic E-state index is 13.3. The molecule has 0 unspecified atom stereocenters. The fourth-order valence-corrected chi connectivity index (χ4v) is 3.52. The van der Waals surface area contributed by atoms with Gasteiger partial charge in [0, 0.05) is 50.7 Å². The van der Waals surface area contributed by atoms with Gasteiger partial charge < -0.3 is 4.74 Å². The third-order valence-electron chi connectivity index (χ3n) is 4.98. The summed E-state index contributed by atoms with van der Waals surface area (Å²) in [5.74, 6) is 0.658. The Balaban J connectivity index is 1.35. The highest BCUT2D eigenvalue weighted by Gasteiger charge is 2.19. The van der Waals surface area contributed by atoms with Gasteiger partial charge in [0.05, 0.1) is 18.3 Å². The van der Waals surface area contributed by atoms with Crippen LogP contribution in [0.25, 0.3) is 10.9 Å². The molecule has 0 bridgehead atoms. The van der Waals surface area contributed by atoms with Gasteiger partial charge in [0.25, 0.3) is 0 Å². The molecule has 0 aliphatic carbocycles. The molecule has 2 aromatic carbocycles. The molecule has 0 amide bonds. The zero-order chi connectivity index (χ0) is 17.9. The zero-order valence-corrected chi connectivity index (χ0v) is 14.9. The van der Waals surface area contributed by atoms with E-state index < -0.39 is 0 Å². The van der Waals surface area contributed by atoms with E-state index in [1.54, 1.807) is 19.2 Å². The minimum absolute atomic E-state index is 0.163. The molecule has 3 aromatic rings. The van der Waals surface area contributed by atoms with Gasteiger partial charge in [-0.1, -0.05) is 12.1 Å². The molecule has 0 saturated carbocycles. The zero-order valence-electron chi connectivity index (χ0n) is 14.9. The lowest BCUT2D eigenvalue weighted by Crippen LogP contribution is -2.45. The summed E-state index contributed by atoms with van der Waals surface area (Å²) in [6, 6.07) is 12.9. The minimum atomic E-state index is -0.163. The normalized spacial score (nSPS) is 16.2. The molecule has 1 aliphatic rings. The van der Waals surface area contributed by atoms with E-state index in [9.17, 15) is 4.39 Å². The molecule has 1 saturated heterocycles. The van der Waals surface area contributed by atoms with Crippen molar-refractivity contribution in [1.29, 1.82) is 0 Å². The largest absolute Gasteiger partial charge is 0.497 e. The first-order chi connectivity index (χ1) is 12.7. The van der Waals surface area contributed by atoms with Crippen LogP contribution in [0.15, 0.2) is 42.5 Å². The molecule has 1 aliphatic heterocycles. The topological polar surface area (TPSA) is 44.4 Å². The fourth-order valence-electron chi connectivity index (χ4n) is 3.52. The second-order valence-electron chi connectivity index (χ2n) is 6.77. The van der Waals surface area contributed by atoms with E-state index in [2.05, 4.69) is 26.1 Å². The summed E-state index contributed by atoms with van der Waals surface area (Å²) in [5, 5.41) is 8.71. The Kier molecular flexibility index (Phi) is 4.86. The number of fused-ring (bicyclic) bond motifs is 1. The molecular weight excluding hydrogens is 331 g/mol. The summed E-state index contributed by atoms with van der Waals surface area (Å²) >= 11 is 0. The van der Waals surface area contributed by atoms with E-state index in [0.717, 1.165) is 67.2 Å². The third kappa shape index (κ3) is 3.71. The first kappa shape index (κ1) is 17.0. The number of hydrogen-bond acceptors (Lipinski definition) is 4. The Morgan fingerprint density at radius 2 is 1.81 bits per heavy atom. The van der Waals surface area contributed by atoms with Gasteiger partial charge in [-0.2, -0.15) is 5.10 Å². The van der Waals surface area contributed by atoms with E-state index in [1.165, 1.54) is 6.07 Å². The standard InChI is InChI=1S/C20H23FN4O/c1-26-17-5-6-18-19(12-17)22-23-20(18)14-25-9-7-24(8-10-25)13-15-3-2-4-16(21)11-15/h2-6,11-12H,7-10,13-14H2,1H3,(H,22,23). The molecule has 1 N–H and O–H groups in total. The summed E-state index contributed by atoms with van der Waals surface area (Å²) in [7, 11) is 1.66. The van der Waals surface area contributed by atoms with Crippen LogP contribution >= 0.6 is 0 Å². The van der Waals surface area contributed by atoms with Crippen LogP contribution in [0.3, 0.4) is 0 Å². The van der Waals surface area contributed by atoms with Gasteiger partial charge in [-0.25, -0.2) is 4.39 Å². The van der Waals surface area contributed by atoms with Gasteiger partial charge in [-0.3, -0.25) is 14.9 Å². The molecule has 26 heavy (non-hydrogen) atoms. The second kappa shape index (κ2) is 7.43. The predicted molar refractivity (Wildman–Crippen MR) is 99.6 cm³/mol. The fraction of sp³-hybridized carbons (Fsp3) is 0.350. The summed E-state index contributed by atoms with van der Waals surface area (Å²) in [4.78, 5) is 4.81. The van der Waals surface area contributed by atoms with Crippen LogP contribution < -0.4 is 4.74 Å². The van der Waals surface area contributed by atoms with Crippen LogP contribution in [0, 0.1) is 5.82 Å². The van der Waals surface area contributed by atoms with E-state index >= 15 is 0 Å². The summed E-state index contributed by atoms with van der Waals surface area (Å²) in [5.41, 5.74) is 3.11. The number of halogens is 1. The number of methoxy groups -OCH3 is 1. The minimum Gasteiger partial charge on any atom is -0.497 e. The maximum Gasteiger partial charge on any atom is 0.123 e. The van der Waals surface area contributed by atoms with Crippen molar-refractivity contribution >= 4 is 10.9 Å². The number of ether oxygens (including phenoxy) is 1. The first-order valence-corrected chi connectivity index (χ1v) is 8.91. The average Bonchev–Trinajstić information content (AvgIpc) is 3.05. The Morgan fingerprint density at radius 3 is 2.54 bits per heavy atom. The van der Waals surface area contributed by atoms with Crippen LogP contribution in [-0.2, 0) is 13.1 Å². The van der Waals surface area contributed by atoms with Gasteiger partial charge in [-0.15, -0.1) is 0 Å². The Bertz CT molecular complexity index is 886. The van der Waals surface area contributed by atoms with E-state index in [1.807, 2.05) is 18.2 Å². The van der Waals surface area contributed by atoms with E-state index in [0.29, 0.717) is 0 Å². The number of nitrogens with zero attached hydrogens (tertiary/aromatic N) is 3. The second-order valence-corrected chi connectivity index (χ2v) is 6.77. The van der Waals surface area contributed by atoms with Gasteiger partial charge in [0.15, 0.2) is 0 Å². The highest BCUT2D eigenvalue weighted by molar-refractivity contribution is 5.82. The molecule has 5 nitrogen and oxygen atoms in total. The lowest BCUT2D eigenvalue weighted by Gasteiger charge is -2.34. The molecule has 1 fully saturated rings. The molecule has 2 heterocycles. The predicted octanol–water partition coefficient (Wildman–Crippen LogP) is 3.03. The first-order valence-electron chi connectivity index (χ1n) is 8.91. The van der Waals surface area contributed by atoms with Gasteiger partial charge >= 0.3 is 0 Å². The highest BCUT2D eigenvalue weighted by Crippen LogP contribution is 2.23. The van der Waals surface area contributed by atoms with Crippen molar-refractivity contribution in [3.05, 3.63) is 59.5 Å². The molecule has 136 valence electrons. The van der Waals surface area contributed by atoms with Crippen LogP contribution in [-0.4, -0.2) is 53.3 Å². The summed E-state index contributed by atoms with van der Waals surface area (Å²) in [6.45, 7) is 5.61. The lowest BCUT2D eigenvalue weighted by molar-refractivity contribution is 0.121. The monoisotopic (exact) mass is 354 g/mol. The number of aromatic nitrogens is 2. The van der Waals surface area contributed by atoms with Crippen molar-refractivity contribution in [1.82, 2.24) is 20.0 Å². The van der Waals surface area contributed by atoms with Crippen LogP contribution in [0.2, 0.25) is 0 Å². The Labute approximate surface area is 152 Å². The quantitative estimate of drug-likeness (QED) is 0.765. The molecule has 0 spiro atoms. The number of rotatable bonds is 5. The molecule has 0 atom stereocenters. The van der Waals surface area contributed by atoms with Gasteiger partial charge in [-0.05, 0) is 29.8 Å². The van der Waals surface area contributed by atoms with Gasteiger partial charge in [0.1, 0.15) is 11.6 Å². The smallest absolute Gasteiger partial charge is 0.123 e. The van der Waals surface area contributed by atoms with Crippen molar-refractivity contribution in [2.24, 2.45) is 0 Å². The van der Waals surface area contributed by atoms with E-state index in [4.69, 9.17) is 4.74 Å².